The van der Waals surface area contributed by atoms with E-state index in [1.165, 1.54) is 11.1 Å². The van der Waals surface area contributed by atoms with Crippen molar-refractivity contribution >= 4 is 0 Å². The molecule has 0 aromatic heterocycles. The molecule has 0 aliphatic carbocycles. The predicted octanol–water partition coefficient (Wildman–Crippen LogP) is 1.14. The van der Waals surface area contributed by atoms with Crippen LogP contribution >= 0.6 is 0 Å². The lowest BCUT2D eigenvalue weighted by Crippen LogP contribution is -2.59. The molecule has 3 rings (SSSR count). The number of benzene rings is 1. The Morgan fingerprint density at radius 1 is 1.21 bits per heavy atom. The number of aliphatic hydroxyl groups excluding tert-OH is 1. The van der Waals surface area contributed by atoms with Crippen LogP contribution in [0.2, 0.25) is 0 Å². The molecular weight excluding hydrogens is 306 g/mol. The third-order valence-electron chi connectivity index (χ3n) is 5.17. The minimum Gasteiger partial charge on any atom is -0.393 e. The van der Waals surface area contributed by atoms with Gasteiger partial charge < -0.3 is 19.7 Å². The maximum atomic E-state index is 10.8. The van der Waals surface area contributed by atoms with Gasteiger partial charge in [0.15, 0.2) is 0 Å². The van der Waals surface area contributed by atoms with E-state index < -0.39 is 11.2 Å². The summed E-state index contributed by atoms with van der Waals surface area (Å²) in [4.78, 5) is 2.24. The molecule has 2 saturated heterocycles. The van der Waals surface area contributed by atoms with Crippen LogP contribution in [0.25, 0.3) is 0 Å². The van der Waals surface area contributed by atoms with Crippen LogP contribution in [0.4, 0.5) is 0 Å². The highest BCUT2D eigenvalue weighted by Crippen LogP contribution is 2.27. The number of rotatable bonds is 5. The molecule has 5 nitrogen and oxygen atoms in total. The maximum Gasteiger partial charge on any atom is 0.108 e. The van der Waals surface area contributed by atoms with Crippen molar-refractivity contribution in [1.29, 1.82) is 0 Å². The molecule has 2 N–H and O–H groups in total. The molecule has 1 aromatic carbocycles. The van der Waals surface area contributed by atoms with Gasteiger partial charge >= 0.3 is 0 Å². The van der Waals surface area contributed by atoms with Crippen molar-refractivity contribution in [3.63, 3.8) is 0 Å². The van der Waals surface area contributed by atoms with Gasteiger partial charge in [0, 0.05) is 52.1 Å². The van der Waals surface area contributed by atoms with Crippen molar-refractivity contribution in [2.24, 2.45) is 0 Å². The summed E-state index contributed by atoms with van der Waals surface area (Å²) in [6.45, 7) is 5.93. The van der Waals surface area contributed by atoms with Crippen molar-refractivity contribution in [3.05, 3.63) is 35.4 Å². The highest BCUT2D eigenvalue weighted by molar-refractivity contribution is 5.24. The molecule has 5 heteroatoms. The maximum absolute atomic E-state index is 10.8. The van der Waals surface area contributed by atoms with Crippen LogP contribution in [0.5, 0.6) is 0 Å². The fourth-order valence-corrected chi connectivity index (χ4v) is 3.84. The number of hydrogen-bond acceptors (Lipinski definition) is 5. The lowest BCUT2D eigenvalue weighted by molar-refractivity contribution is -0.152. The largest absolute Gasteiger partial charge is 0.393 e. The molecular formula is C19H29NO4. The highest BCUT2D eigenvalue weighted by Gasteiger charge is 2.40. The average Bonchev–Trinajstić information content (AvgIpc) is 2.55. The van der Waals surface area contributed by atoms with E-state index in [4.69, 9.17) is 9.47 Å². The highest BCUT2D eigenvalue weighted by atomic mass is 16.5. The van der Waals surface area contributed by atoms with Crippen LogP contribution in [0.1, 0.15) is 24.0 Å². The van der Waals surface area contributed by atoms with Gasteiger partial charge in [0.05, 0.1) is 18.8 Å². The van der Waals surface area contributed by atoms with Crippen LogP contribution in [0.15, 0.2) is 24.3 Å². The Morgan fingerprint density at radius 2 is 2.00 bits per heavy atom. The SMILES string of the molecule is Cc1cccc(CC2(CO)CN(CC3(O)CCOCC3)CCO2)c1. The molecule has 2 aliphatic heterocycles. The molecule has 0 bridgehead atoms. The van der Waals surface area contributed by atoms with Gasteiger partial charge in [-0.05, 0) is 12.5 Å². The molecule has 1 aromatic rings. The Bertz CT molecular complexity index is 544. The summed E-state index contributed by atoms with van der Waals surface area (Å²) in [5, 5.41) is 20.8. The summed E-state index contributed by atoms with van der Waals surface area (Å²) in [5.74, 6) is 0. The number of aliphatic hydroxyl groups is 2. The quantitative estimate of drug-likeness (QED) is 0.845. The van der Waals surface area contributed by atoms with Gasteiger partial charge in [-0.25, -0.2) is 0 Å². The Kier molecular flexibility index (Phi) is 5.57. The lowest BCUT2D eigenvalue weighted by Gasteiger charge is -2.45. The van der Waals surface area contributed by atoms with Crippen molar-refractivity contribution in [2.75, 3.05) is 46.1 Å². The van der Waals surface area contributed by atoms with E-state index >= 15 is 0 Å². The smallest absolute Gasteiger partial charge is 0.108 e. The first-order valence-corrected chi connectivity index (χ1v) is 8.85. The average molecular weight is 335 g/mol. The first-order chi connectivity index (χ1) is 11.5. The van der Waals surface area contributed by atoms with Gasteiger partial charge in [-0.15, -0.1) is 0 Å². The monoisotopic (exact) mass is 335 g/mol. The first-order valence-electron chi connectivity index (χ1n) is 8.85. The van der Waals surface area contributed by atoms with E-state index in [0.717, 1.165) is 6.54 Å². The number of nitrogens with zero attached hydrogens (tertiary/aromatic N) is 1. The molecule has 2 heterocycles. The Balaban J connectivity index is 1.67. The third-order valence-corrected chi connectivity index (χ3v) is 5.17. The summed E-state index contributed by atoms with van der Waals surface area (Å²) in [6.07, 6.45) is 2.03. The normalized spacial score (nSPS) is 28.0. The Morgan fingerprint density at radius 3 is 2.71 bits per heavy atom. The minimum atomic E-state index is -0.680. The zero-order valence-electron chi connectivity index (χ0n) is 14.5. The second-order valence-corrected chi connectivity index (χ2v) is 7.40. The van der Waals surface area contributed by atoms with Crippen molar-refractivity contribution < 1.29 is 19.7 Å². The van der Waals surface area contributed by atoms with E-state index in [-0.39, 0.29) is 6.61 Å². The van der Waals surface area contributed by atoms with Gasteiger partial charge in [-0.3, -0.25) is 4.90 Å². The van der Waals surface area contributed by atoms with Crippen LogP contribution in [-0.4, -0.2) is 72.4 Å². The topological polar surface area (TPSA) is 62.2 Å². The van der Waals surface area contributed by atoms with E-state index in [0.29, 0.717) is 52.2 Å². The van der Waals surface area contributed by atoms with Gasteiger partial charge in [0.2, 0.25) is 0 Å². The van der Waals surface area contributed by atoms with E-state index in [1.807, 2.05) is 6.07 Å². The van der Waals surface area contributed by atoms with Gasteiger partial charge in [-0.1, -0.05) is 29.8 Å². The summed E-state index contributed by atoms with van der Waals surface area (Å²) in [6, 6.07) is 8.34. The number of ether oxygens (including phenoxy) is 2. The van der Waals surface area contributed by atoms with Gasteiger partial charge in [-0.2, -0.15) is 0 Å². The summed E-state index contributed by atoms with van der Waals surface area (Å²) in [5.41, 5.74) is 1.12. The molecule has 0 saturated carbocycles. The Hall–Kier alpha value is -0.980. The molecule has 2 aliphatic rings. The fourth-order valence-electron chi connectivity index (χ4n) is 3.84. The van der Waals surface area contributed by atoms with E-state index in [1.54, 1.807) is 0 Å². The van der Waals surface area contributed by atoms with Crippen LogP contribution in [0, 0.1) is 6.92 Å². The number of aryl methyl sites for hydroxylation is 1. The Labute approximate surface area is 144 Å². The molecule has 1 unspecified atom stereocenters. The fraction of sp³-hybridized carbons (Fsp3) is 0.684. The zero-order valence-corrected chi connectivity index (χ0v) is 14.5. The van der Waals surface area contributed by atoms with Crippen molar-refractivity contribution in [2.45, 2.75) is 37.4 Å². The second-order valence-electron chi connectivity index (χ2n) is 7.40. The molecule has 134 valence electrons. The standard InChI is InChI=1S/C19H29NO4/c1-16-3-2-4-17(11-16)12-19(15-21)14-20(7-10-24-19)13-18(22)5-8-23-9-6-18/h2-4,11,21-22H,5-10,12-15H2,1H3. The van der Waals surface area contributed by atoms with Crippen LogP contribution < -0.4 is 0 Å². The minimum absolute atomic E-state index is 0.0149. The number of hydrogen-bond donors (Lipinski definition) is 2. The van der Waals surface area contributed by atoms with Crippen LogP contribution in [-0.2, 0) is 15.9 Å². The first kappa shape index (κ1) is 17.8. The molecule has 24 heavy (non-hydrogen) atoms. The van der Waals surface area contributed by atoms with E-state index in [2.05, 4.69) is 30.0 Å². The molecule has 0 radical (unpaired) electrons. The lowest BCUT2D eigenvalue weighted by atomic mass is 9.90. The molecule has 2 fully saturated rings. The van der Waals surface area contributed by atoms with Gasteiger partial charge in [0.1, 0.15) is 5.60 Å². The molecule has 0 amide bonds. The molecule has 1 atom stereocenters. The summed E-state index contributed by atoms with van der Waals surface area (Å²) < 4.78 is 11.4. The summed E-state index contributed by atoms with van der Waals surface area (Å²) in [7, 11) is 0. The predicted molar refractivity (Wildman–Crippen MR) is 92.1 cm³/mol. The zero-order chi connectivity index (χ0) is 17.0. The van der Waals surface area contributed by atoms with Gasteiger partial charge in [0.25, 0.3) is 0 Å². The van der Waals surface area contributed by atoms with E-state index in [9.17, 15) is 10.2 Å². The van der Waals surface area contributed by atoms with Crippen LogP contribution in [0.3, 0.4) is 0 Å². The van der Waals surface area contributed by atoms with Crippen molar-refractivity contribution in [3.8, 4) is 0 Å². The second kappa shape index (κ2) is 7.50. The molecule has 0 spiro atoms. The third kappa shape index (κ3) is 4.35. The number of morpholine rings is 1. The summed E-state index contributed by atoms with van der Waals surface area (Å²) >= 11 is 0. The van der Waals surface area contributed by atoms with Crippen molar-refractivity contribution in [1.82, 2.24) is 4.90 Å². The number of β-amino-alcohol motifs (C(OH)–C–C–N with tert-alkyl or cyclic N) is 1.